The van der Waals surface area contributed by atoms with Crippen LogP contribution in [0.2, 0.25) is 0 Å². The van der Waals surface area contributed by atoms with Crippen LogP contribution in [0.5, 0.6) is 5.75 Å². The van der Waals surface area contributed by atoms with Gasteiger partial charge in [-0.15, -0.1) is 22.0 Å². The Balaban J connectivity index is 1.33. The van der Waals surface area contributed by atoms with Gasteiger partial charge in [0, 0.05) is 16.1 Å². The number of methoxy groups -OCH3 is 1. The van der Waals surface area contributed by atoms with Crippen LogP contribution in [0.1, 0.15) is 31.7 Å². The van der Waals surface area contributed by atoms with Crippen molar-refractivity contribution >= 4 is 57.7 Å². The maximum Gasteiger partial charge on any atom is 0.272 e. The van der Waals surface area contributed by atoms with Gasteiger partial charge in [0.2, 0.25) is 11.0 Å². The number of carbonyl (C=O) groups excluding carboxylic acids is 3. The highest BCUT2D eigenvalue weighted by molar-refractivity contribution is 8.00. The molecule has 1 atom stereocenters. The highest BCUT2D eigenvalue weighted by atomic mass is 32.2. The summed E-state index contributed by atoms with van der Waals surface area (Å²) < 4.78 is 5.31. The highest BCUT2D eigenvalue weighted by Crippen LogP contribution is 2.37. The molecule has 1 unspecified atom stereocenters. The molecule has 0 aliphatic carbocycles. The summed E-state index contributed by atoms with van der Waals surface area (Å²) >= 11 is 2.68. The maximum atomic E-state index is 13.5. The Morgan fingerprint density at radius 3 is 2.22 bits per heavy atom. The van der Waals surface area contributed by atoms with Gasteiger partial charge in [-0.2, -0.15) is 0 Å². The number of benzene rings is 4. The van der Waals surface area contributed by atoms with Crippen LogP contribution >= 0.6 is 23.1 Å². The van der Waals surface area contributed by atoms with E-state index in [1.54, 1.807) is 67.8 Å². The summed E-state index contributed by atoms with van der Waals surface area (Å²) in [6.45, 7) is 1.83. The zero-order chi connectivity index (χ0) is 31.6. The Morgan fingerprint density at radius 1 is 0.844 bits per heavy atom. The molecule has 0 bridgehead atoms. The number of aryl methyl sites for hydroxylation is 1. The molecular formula is C34H29N5O4S2. The van der Waals surface area contributed by atoms with Crippen molar-refractivity contribution in [3.63, 3.8) is 0 Å². The van der Waals surface area contributed by atoms with Crippen molar-refractivity contribution in [2.24, 2.45) is 0 Å². The van der Waals surface area contributed by atoms with E-state index in [0.29, 0.717) is 27.7 Å². The van der Waals surface area contributed by atoms with Crippen LogP contribution in [0.15, 0.2) is 120 Å². The van der Waals surface area contributed by atoms with Crippen molar-refractivity contribution in [2.45, 2.75) is 17.1 Å². The monoisotopic (exact) mass is 635 g/mol. The lowest BCUT2D eigenvalue weighted by Gasteiger charge is -2.16. The summed E-state index contributed by atoms with van der Waals surface area (Å²) in [6.07, 6.45) is 1.59. The molecule has 9 nitrogen and oxygen atoms in total. The van der Waals surface area contributed by atoms with E-state index in [1.165, 1.54) is 23.1 Å². The van der Waals surface area contributed by atoms with Crippen LogP contribution in [0.4, 0.5) is 10.8 Å². The predicted octanol–water partition coefficient (Wildman–Crippen LogP) is 6.74. The molecule has 226 valence electrons. The number of hydrogen-bond donors (Lipinski definition) is 3. The Bertz CT molecular complexity index is 1810. The summed E-state index contributed by atoms with van der Waals surface area (Å²) in [4.78, 5) is 40.5. The largest absolute Gasteiger partial charge is 0.497 e. The first-order chi connectivity index (χ1) is 21.9. The number of amides is 3. The average molecular weight is 636 g/mol. The fraction of sp³-hybridized carbons (Fsp3) is 0.0882. The van der Waals surface area contributed by atoms with Gasteiger partial charge >= 0.3 is 0 Å². The van der Waals surface area contributed by atoms with E-state index in [9.17, 15) is 14.4 Å². The zero-order valence-corrected chi connectivity index (χ0v) is 26.0. The zero-order valence-electron chi connectivity index (χ0n) is 24.4. The van der Waals surface area contributed by atoms with E-state index in [0.717, 1.165) is 15.5 Å². The van der Waals surface area contributed by atoms with Crippen LogP contribution in [-0.2, 0) is 9.59 Å². The third-order valence-electron chi connectivity index (χ3n) is 6.40. The third kappa shape index (κ3) is 8.65. The molecule has 0 aliphatic rings. The van der Waals surface area contributed by atoms with Gasteiger partial charge in [-0.05, 0) is 72.7 Å². The number of nitrogens with one attached hydrogen (secondary N) is 3. The smallest absolute Gasteiger partial charge is 0.272 e. The molecule has 5 aromatic rings. The van der Waals surface area contributed by atoms with Crippen molar-refractivity contribution in [1.29, 1.82) is 0 Å². The number of aromatic nitrogens is 2. The van der Waals surface area contributed by atoms with Gasteiger partial charge in [-0.25, -0.2) is 0 Å². The van der Waals surface area contributed by atoms with E-state index in [2.05, 4.69) is 26.1 Å². The van der Waals surface area contributed by atoms with Gasteiger partial charge in [0.05, 0.1) is 7.11 Å². The first-order valence-electron chi connectivity index (χ1n) is 13.8. The van der Waals surface area contributed by atoms with Crippen LogP contribution < -0.4 is 20.7 Å². The van der Waals surface area contributed by atoms with E-state index in [-0.39, 0.29) is 11.6 Å². The Labute approximate surface area is 268 Å². The normalized spacial score (nSPS) is 11.7. The second-order valence-corrected chi connectivity index (χ2v) is 12.0. The number of thioether (sulfide) groups is 1. The number of ether oxygens (including phenoxy) is 1. The molecule has 3 amide bonds. The average Bonchev–Trinajstić information content (AvgIpc) is 3.48. The SMILES string of the molecule is COc1cccc(/C=C(\NC(=O)c2ccccc2)C(=O)Nc2ccc(SC(C(=O)Nc3nnc(C)s3)c3ccccc3)cc2)c1. The van der Waals surface area contributed by atoms with Crippen molar-refractivity contribution in [1.82, 2.24) is 15.5 Å². The minimum absolute atomic E-state index is 0.0586. The molecule has 4 aromatic carbocycles. The van der Waals surface area contributed by atoms with Crippen LogP contribution in [0, 0.1) is 6.92 Å². The molecule has 11 heteroatoms. The molecule has 1 heterocycles. The fourth-order valence-corrected chi connectivity index (χ4v) is 5.83. The van der Waals surface area contributed by atoms with Crippen molar-refractivity contribution in [3.05, 3.63) is 137 Å². The molecule has 0 radical (unpaired) electrons. The van der Waals surface area contributed by atoms with Crippen molar-refractivity contribution < 1.29 is 19.1 Å². The Hall–Kier alpha value is -5.26. The lowest BCUT2D eigenvalue weighted by molar-refractivity contribution is -0.116. The topological polar surface area (TPSA) is 122 Å². The van der Waals surface area contributed by atoms with E-state index < -0.39 is 17.1 Å². The predicted molar refractivity (Wildman–Crippen MR) is 178 cm³/mol. The van der Waals surface area contributed by atoms with E-state index in [4.69, 9.17) is 4.74 Å². The molecule has 0 fully saturated rings. The molecule has 0 saturated carbocycles. The van der Waals surface area contributed by atoms with Crippen molar-refractivity contribution in [2.75, 3.05) is 17.7 Å². The van der Waals surface area contributed by atoms with Crippen LogP contribution in [0.25, 0.3) is 6.08 Å². The van der Waals surface area contributed by atoms with E-state index in [1.807, 2.05) is 61.5 Å². The molecule has 0 saturated heterocycles. The second kappa shape index (κ2) is 15.0. The Morgan fingerprint density at radius 2 is 1.56 bits per heavy atom. The minimum Gasteiger partial charge on any atom is -0.497 e. The first kappa shape index (κ1) is 31.2. The summed E-state index contributed by atoms with van der Waals surface area (Å²) in [5.41, 5.74) is 2.50. The second-order valence-electron chi connectivity index (χ2n) is 9.66. The molecule has 3 N–H and O–H groups in total. The van der Waals surface area contributed by atoms with Gasteiger partial charge in [0.25, 0.3) is 11.8 Å². The number of hydrogen-bond acceptors (Lipinski definition) is 8. The number of rotatable bonds is 11. The van der Waals surface area contributed by atoms with Crippen LogP contribution in [-0.4, -0.2) is 35.0 Å². The van der Waals surface area contributed by atoms with Gasteiger partial charge in [-0.3, -0.25) is 19.7 Å². The third-order valence-corrected chi connectivity index (χ3v) is 8.42. The molecule has 45 heavy (non-hydrogen) atoms. The molecule has 1 aromatic heterocycles. The van der Waals surface area contributed by atoms with Gasteiger partial charge in [0.15, 0.2) is 0 Å². The number of anilines is 2. The number of carbonyl (C=O) groups is 3. The first-order valence-corrected chi connectivity index (χ1v) is 15.5. The minimum atomic E-state index is -0.554. The summed E-state index contributed by atoms with van der Waals surface area (Å²) in [7, 11) is 1.56. The molecule has 0 aliphatic heterocycles. The standard InChI is InChI=1S/C34H29N5O4S2/c1-22-38-39-34(44-22)37-33(42)30(24-11-5-3-6-12-24)45-28-18-16-26(17-19-28)35-32(41)29(21-23-10-9-15-27(20-23)43-2)36-31(40)25-13-7-4-8-14-25/h3-21,30H,1-2H3,(H,35,41)(H,36,40)(H,37,39,42)/b29-21-. The quantitative estimate of drug-likeness (QED) is 0.109. The summed E-state index contributed by atoms with van der Waals surface area (Å²) in [5.74, 6) is -0.523. The molecule has 5 rings (SSSR count). The summed E-state index contributed by atoms with van der Waals surface area (Å²) in [6, 6.07) is 32.4. The van der Waals surface area contributed by atoms with Crippen LogP contribution in [0.3, 0.4) is 0 Å². The molecule has 0 spiro atoms. The van der Waals surface area contributed by atoms with Gasteiger partial charge < -0.3 is 15.4 Å². The van der Waals surface area contributed by atoms with Gasteiger partial charge in [-0.1, -0.05) is 72.0 Å². The highest BCUT2D eigenvalue weighted by Gasteiger charge is 2.23. The molecular weight excluding hydrogens is 607 g/mol. The fourth-order valence-electron chi connectivity index (χ4n) is 4.21. The lowest BCUT2D eigenvalue weighted by Crippen LogP contribution is -2.30. The van der Waals surface area contributed by atoms with E-state index >= 15 is 0 Å². The summed E-state index contributed by atoms with van der Waals surface area (Å²) in [5, 5.41) is 17.1. The van der Waals surface area contributed by atoms with Crippen molar-refractivity contribution in [3.8, 4) is 5.75 Å². The Kier molecular flexibility index (Phi) is 10.4. The van der Waals surface area contributed by atoms with Gasteiger partial charge in [0.1, 0.15) is 21.7 Å². The number of nitrogens with zero attached hydrogens (tertiary/aromatic N) is 2. The maximum absolute atomic E-state index is 13.5. The lowest BCUT2D eigenvalue weighted by atomic mass is 10.1.